The highest BCUT2D eigenvalue weighted by molar-refractivity contribution is 5.97. The Labute approximate surface area is 153 Å². The summed E-state index contributed by atoms with van der Waals surface area (Å²) in [6.07, 6.45) is 0. The van der Waals surface area contributed by atoms with Gasteiger partial charge in [-0.25, -0.2) is 0 Å². The number of benzene rings is 4. The molecule has 126 valence electrons. The first kappa shape index (κ1) is 16.0. The van der Waals surface area contributed by atoms with E-state index in [1.807, 2.05) is 54.6 Å². The minimum absolute atomic E-state index is 0.781. The average Bonchev–Trinajstić information content (AvgIpc) is 2.70. The van der Waals surface area contributed by atoms with Gasteiger partial charge in [0.2, 0.25) is 0 Å². The van der Waals surface area contributed by atoms with Crippen LogP contribution in [-0.4, -0.2) is 0 Å². The summed E-state index contributed by atoms with van der Waals surface area (Å²) in [5.74, 6) is 0. The summed E-state index contributed by atoms with van der Waals surface area (Å²) in [5.41, 5.74) is 13.8. The number of nitrogens with two attached hydrogens (primary N) is 1. The fourth-order valence-electron chi connectivity index (χ4n) is 3.19. The molecule has 0 saturated heterocycles. The number of anilines is 3. The Hall–Kier alpha value is -3.52. The summed E-state index contributed by atoms with van der Waals surface area (Å²) in [5, 5.41) is 3.51. The lowest BCUT2D eigenvalue weighted by molar-refractivity contribution is 1.52. The van der Waals surface area contributed by atoms with Gasteiger partial charge in [-0.3, -0.25) is 0 Å². The average molecular weight is 336 g/mol. The molecule has 0 saturated carbocycles. The molecule has 3 N–H and O–H groups in total. The zero-order valence-electron chi connectivity index (χ0n) is 14.4. The molecule has 0 heterocycles. The van der Waals surface area contributed by atoms with E-state index in [1.165, 1.54) is 0 Å². The Morgan fingerprint density at radius 3 is 1.69 bits per heavy atom. The number of nitrogen functional groups attached to an aromatic ring is 1. The summed E-state index contributed by atoms with van der Waals surface area (Å²) in [6.45, 7) is 0. The first-order valence-electron chi connectivity index (χ1n) is 8.68. The third-order valence-corrected chi connectivity index (χ3v) is 4.45. The van der Waals surface area contributed by atoms with Gasteiger partial charge in [0, 0.05) is 28.2 Å². The molecule has 0 unspecified atom stereocenters. The number of hydrogen-bond acceptors (Lipinski definition) is 2. The molecule has 0 atom stereocenters. The molecule has 2 nitrogen and oxygen atoms in total. The highest BCUT2D eigenvalue weighted by Crippen LogP contribution is 2.41. The minimum Gasteiger partial charge on any atom is -0.398 e. The third kappa shape index (κ3) is 3.17. The van der Waals surface area contributed by atoms with E-state index in [4.69, 9.17) is 5.73 Å². The zero-order chi connectivity index (χ0) is 17.8. The van der Waals surface area contributed by atoms with Crippen LogP contribution in [0.15, 0.2) is 103 Å². The molecule has 0 aliphatic rings. The number of rotatable bonds is 4. The Kier molecular flexibility index (Phi) is 4.40. The third-order valence-electron chi connectivity index (χ3n) is 4.45. The van der Waals surface area contributed by atoms with Crippen molar-refractivity contribution in [3.05, 3.63) is 103 Å². The quantitative estimate of drug-likeness (QED) is 0.426. The smallest absolute Gasteiger partial charge is 0.0494 e. The Balaban J connectivity index is 1.88. The molecule has 0 spiro atoms. The number of nitrogens with one attached hydrogen (secondary N) is 1. The molecule has 0 radical (unpaired) electrons. The van der Waals surface area contributed by atoms with Crippen LogP contribution in [0.3, 0.4) is 0 Å². The van der Waals surface area contributed by atoms with Crippen LogP contribution in [0, 0.1) is 0 Å². The van der Waals surface area contributed by atoms with E-state index in [9.17, 15) is 0 Å². The minimum atomic E-state index is 0.781. The van der Waals surface area contributed by atoms with Crippen molar-refractivity contribution in [2.24, 2.45) is 0 Å². The predicted molar refractivity (Wildman–Crippen MR) is 111 cm³/mol. The lowest BCUT2D eigenvalue weighted by Gasteiger charge is -2.18. The molecule has 4 aromatic carbocycles. The van der Waals surface area contributed by atoms with E-state index in [-0.39, 0.29) is 0 Å². The topological polar surface area (TPSA) is 38.0 Å². The monoisotopic (exact) mass is 336 g/mol. The van der Waals surface area contributed by atoms with Crippen LogP contribution in [0.2, 0.25) is 0 Å². The first-order chi connectivity index (χ1) is 12.8. The van der Waals surface area contributed by atoms with Crippen LogP contribution >= 0.6 is 0 Å². The van der Waals surface area contributed by atoms with Gasteiger partial charge in [-0.2, -0.15) is 0 Å². The van der Waals surface area contributed by atoms with Crippen molar-refractivity contribution in [1.29, 1.82) is 0 Å². The second kappa shape index (κ2) is 7.16. The lowest BCUT2D eigenvalue weighted by atomic mass is 9.94. The van der Waals surface area contributed by atoms with E-state index >= 15 is 0 Å². The fourth-order valence-corrected chi connectivity index (χ4v) is 3.19. The molecule has 4 rings (SSSR count). The summed E-state index contributed by atoms with van der Waals surface area (Å²) in [6, 6.07) is 34.9. The maximum Gasteiger partial charge on any atom is 0.0494 e. The normalized spacial score (nSPS) is 10.5. The predicted octanol–water partition coefficient (Wildman–Crippen LogP) is 6.35. The van der Waals surface area contributed by atoms with Gasteiger partial charge in [0.15, 0.2) is 0 Å². The van der Waals surface area contributed by atoms with Crippen LogP contribution < -0.4 is 11.1 Å². The molecular weight excluding hydrogens is 316 g/mol. The molecule has 0 amide bonds. The highest BCUT2D eigenvalue weighted by atomic mass is 14.9. The Morgan fingerprint density at radius 1 is 0.538 bits per heavy atom. The number of para-hydroxylation sites is 1. The summed E-state index contributed by atoms with van der Waals surface area (Å²) < 4.78 is 0. The van der Waals surface area contributed by atoms with Gasteiger partial charge in [-0.05, 0) is 29.3 Å². The van der Waals surface area contributed by atoms with Gasteiger partial charge < -0.3 is 11.1 Å². The molecule has 26 heavy (non-hydrogen) atoms. The van der Waals surface area contributed by atoms with Crippen LogP contribution in [0.4, 0.5) is 17.1 Å². The highest BCUT2D eigenvalue weighted by Gasteiger charge is 2.14. The van der Waals surface area contributed by atoms with E-state index in [2.05, 4.69) is 53.8 Å². The van der Waals surface area contributed by atoms with Crippen LogP contribution in [0.25, 0.3) is 22.3 Å². The molecule has 2 heteroatoms. The summed E-state index contributed by atoms with van der Waals surface area (Å²) in [4.78, 5) is 0. The molecule has 0 aromatic heterocycles. The molecule has 0 aliphatic heterocycles. The van der Waals surface area contributed by atoms with Crippen molar-refractivity contribution in [2.75, 3.05) is 11.1 Å². The van der Waals surface area contributed by atoms with E-state index in [1.54, 1.807) is 0 Å². The standard InChI is InChI=1S/C24H20N2/c25-24-21(18-10-4-1-5-11-18)16-17-22(26-20-14-8-3-9-15-20)23(24)19-12-6-2-7-13-19/h1-17,26H,25H2. The van der Waals surface area contributed by atoms with Crippen molar-refractivity contribution >= 4 is 17.1 Å². The fraction of sp³-hybridized carbons (Fsp3) is 0. The van der Waals surface area contributed by atoms with Crippen LogP contribution in [0.1, 0.15) is 0 Å². The lowest BCUT2D eigenvalue weighted by Crippen LogP contribution is -2.00. The van der Waals surface area contributed by atoms with Gasteiger partial charge in [0.25, 0.3) is 0 Å². The first-order valence-corrected chi connectivity index (χ1v) is 8.68. The second-order valence-electron chi connectivity index (χ2n) is 6.17. The van der Waals surface area contributed by atoms with Crippen LogP contribution in [0.5, 0.6) is 0 Å². The Morgan fingerprint density at radius 2 is 1.08 bits per heavy atom. The van der Waals surface area contributed by atoms with Gasteiger partial charge in [-0.15, -0.1) is 0 Å². The SMILES string of the molecule is Nc1c(-c2ccccc2)ccc(Nc2ccccc2)c1-c1ccccc1. The van der Waals surface area contributed by atoms with Crippen molar-refractivity contribution in [1.82, 2.24) is 0 Å². The molecule has 0 aliphatic carbocycles. The van der Waals surface area contributed by atoms with E-state index in [0.29, 0.717) is 0 Å². The Bertz CT molecular complexity index is 994. The van der Waals surface area contributed by atoms with Gasteiger partial charge in [-0.1, -0.05) is 84.9 Å². The van der Waals surface area contributed by atoms with Gasteiger partial charge >= 0.3 is 0 Å². The maximum atomic E-state index is 6.66. The molecule has 0 fully saturated rings. The van der Waals surface area contributed by atoms with Gasteiger partial charge in [0.05, 0.1) is 0 Å². The molecule has 0 bridgehead atoms. The van der Waals surface area contributed by atoms with Crippen molar-refractivity contribution in [2.45, 2.75) is 0 Å². The van der Waals surface area contributed by atoms with Crippen molar-refractivity contribution < 1.29 is 0 Å². The maximum absolute atomic E-state index is 6.66. The summed E-state index contributed by atoms with van der Waals surface area (Å²) >= 11 is 0. The summed E-state index contributed by atoms with van der Waals surface area (Å²) in [7, 11) is 0. The van der Waals surface area contributed by atoms with Crippen molar-refractivity contribution in [3.63, 3.8) is 0 Å². The molecule has 4 aromatic rings. The largest absolute Gasteiger partial charge is 0.398 e. The zero-order valence-corrected chi connectivity index (χ0v) is 14.4. The van der Waals surface area contributed by atoms with E-state index < -0.39 is 0 Å². The number of hydrogen-bond donors (Lipinski definition) is 2. The van der Waals surface area contributed by atoms with Crippen molar-refractivity contribution in [3.8, 4) is 22.3 Å². The molecular formula is C24H20N2. The van der Waals surface area contributed by atoms with Gasteiger partial charge in [0.1, 0.15) is 0 Å². The van der Waals surface area contributed by atoms with Crippen LogP contribution in [-0.2, 0) is 0 Å². The van der Waals surface area contributed by atoms with E-state index in [0.717, 1.165) is 39.3 Å². The second-order valence-corrected chi connectivity index (χ2v) is 6.17.